The number of nitrogens with zero attached hydrogens (tertiary/aromatic N) is 2. The maximum atomic E-state index is 12.5. The van der Waals surface area contributed by atoms with Crippen molar-refractivity contribution in [2.75, 3.05) is 0 Å². The standard InChI is InChI=1S/C15H19N3O4S/c1-17-12-8-7-11(9-13(12)18(2)15(20)14(17)19)23(21,22)16-10-5-3-4-6-10/h7-10,16H,3-6H2,1-2H3. The zero-order chi connectivity index (χ0) is 16.8. The number of rotatable bonds is 3. The quantitative estimate of drug-likeness (QED) is 0.824. The molecule has 1 aromatic heterocycles. The van der Waals surface area contributed by atoms with Crippen molar-refractivity contribution < 1.29 is 8.42 Å². The molecule has 0 atom stereocenters. The summed E-state index contributed by atoms with van der Waals surface area (Å²) in [6.45, 7) is 0. The molecule has 1 aliphatic rings. The van der Waals surface area contributed by atoms with E-state index in [4.69, 9.17) is 0 Å². The summed E-state index contributed by atoms with van der Waals surface area (Å²) in [5, 5.41) is 0. The Morgan fingerprint density at radius 3 is 2.17 bits per heavy atom. The average Bonchev–Trinajstić information content (AvgIpc) is 3.02. The van der Waals surface area contributed by atoms with Crippen molar-refractivity contribution in [1.29, 1.82) is 0 Å². The van der Waals surface area contributed by atoms with E-state index in [0.717, 1.165) is 25.7 Å². The van der Waals surface area contributed by atoms with Crippen LogP contribution in [0.4, 0.5) is 0 Å². The van der Waals surface area contributed by atoms with Crippen LogP contribution in [0.5, 0.6) is 0 Å². The van der Waals surface area contributed by atoms with Crippen LogP contribution in [0.3, 0.4) is 0 Å². The second-order valence-electron chi connectivity index (χ2n) is 5.98. The van der Waals surface area contributed by atoms with Crippen molar-refractivity contribution >= 4 is 21.1 Å². The van der Waals surface area contributed by atoms with E-state index in [1.54, 1.807) is 6.07 Å². The fourth-order valence-electron chi connectivity index (χ4n) is 3.06. The first-order valence-electron chi connectivity index (χ1n) is 7.53. The van der Waals surface area contributed by atoms with Gasteiger partial charge in [0.05, 0.1) is 15.9 Å². The molecule has 0 amide bonds. The smallest absolute Gasteiger partial charge is 0.305 e. The molecule has 0 spiro atoms. The summed E-state index contributed by atoms with van der Waals surface area (Å²) in [5.74, 6) is 0. The van der Waals surface area contributed by atoms with Crippen LogP contribution in [0.25, 0.3) is 11.0 Å². The number of fused-ring (bicyclic) bond motifs is 1. The molecule has 0 radical (unpaired) electrons. The maximum absolute atomic E-state index is 12.5. The Kier molecular flexibility index (Phi) is 3.89. The first kappa shape index (κ1) is 15.9. The molecule has 1 aliphatic carbocycles. The minimum absolute atomic E-state index is 0.0281. The highest BCUT2D eigenvalue weighted by Gasteiger charge is 2.23. The minimum Gasteiger partial charge on any atom is -0.305 e. The van der Waals surface area contributed by atoms with Gasteiger partial charge in [0.25, 0.3) is 0 Å². The van der Waals surface area contributed by atoms with Crippen molar-refractivity contribution in [1.82, 2.24) is 13.9 Å². The molecule has 1 heterocycles. The second-order valence-corrected chi connectivity index (χ2v) is 7.70. The Balaban J connectivity index is 2.13. The van der Waals surface area contributed by atoms with Crippen LogP contribution in [0.2, 0.25) is 0 Å². The van der Waals surface area contributed by atoms with Gasteiger partial charge in [-0.1, -0.05) is 12.8 Å². The van der Waals surface area contributed by atoms with Crippen LogP contribution < -0.4 is 15.8 Å². The lowest BCUT2D eigenvalue weighted by Gasteiger charge is -2.14. The SMILES string of the molecule is Cn1c(=O)c(=O)n(C)c2cc(S(=O)(=O)NC3CCCC3)ccc21. The lowest BCUT2D eigenvalue weighted by Crippen LogP contribution is -2.39. The number of nitrogens with one attached hydrogen (secondary N) is 1. The molecular weight excluding hydrogens is 318 g/mol. The molecule has 23 heavy (non-hydrogen) atoms. The fourth-order valence-corrected chi connectivity index (χ4v) is 4.38. The number of hydrogen-bond acceptors (Lipinski definition) is 4. The summed E-state index contributed by atoms with van der Waals surface area (Å²) in [5.41, 5.74) is -0.402. The number of aromatic nitrogens is 2. The van der Waals surface area contributed by atoms with E-state index in [9.17, 15) is 18.0 Å². The van der Waals surface area contributed by atoms with Crippen LogP contribution >= 0.6 is 0 Å². The van der Waals surface area contributed by atoms with Crippen LogP contribution in [-0.4, -0.2) is 23.6 Å². The molecule has 7 nitrogen and oxygen atoms in total. The topological polar surface area (TPSA) is 90.2 Å². The summed E-state index contributed by atoms with van der Waals surface area (Å²) in [6.07, 6.45) is 3.75. The van der Waals surface area contributed by atoms with E-state index in [-0.39, 0.29) is 10.9 Å². The minimum atomic E-state index is -3.64. The van der Waals surface area contributed by atoms with E-state index in [1.807, 2.05) is 0 Å². The van der Waals surface area contributed by atoms with Crippen molar-refractivity contribution in [2.45, 2.75) is 36.6 Å². The van der Waals surface area contributed by atoms with Gasteiger partial charge in [0.2, 0.25) is 10.0 Å². The van der Waals surface area contributed by atoms with E-state index in [1.165, 1.54) is 35.4 Å². The lowest BCUT2D eigenvalue weighted by molar-refractivity contribution is 0.552. The van der Waals surface area contributed by atoms with E-state index in [0.29, 0.717) is 11.0 Å². The molecule has 124 valence electrons. The third-order valence-corrected chi connectivity index (χ3v) is 5.97. The predicted molar refractivity (Wildman–Crippen MR) is 87.0 cm³/mol. The Bertz CT molecular complexity index is 982. The van der Waals surface area contributed by atoms with Gasteiger partial charge in [-0.15, -0.1) is 0 Å². The molecule has 3 rings (SSSR count). The summed E-state index contributed by atoms with van der Waals surface area (Å²) in [6, 6.07) is 4.43. The fraction of sp³-hybridized carbons (Fsp3) is 0.467. The van der Waals surface area contributed by atoms with Gasteiger partial charge in [0.15, 0.2) is 0 Å². The van der Waals surface area contributed by atoms with Gasteiger partial charge in [0.1, 0.15) is 0 Å². The molecule has 0 saturated heterocycles. The summed E-state index contributed by atoms with van der Waals surface area (Å²) in [4.78, 5) is 23.8. The third-order valence-electron chi connectivity index (χ3n) is 4.45. The molecule has 1 N–H and O–H groups in total. The Labute approximate surface area is 133 Å². The Morgan fingerprint density at radius 2 is 1.57 bits per heavy atom. The molecule has 0 unspecified atom stereocenters. The van der Waals surface area contributed by atoms with Crippen molar-refractivity contribution in [2.24, 2.45) is 14.1 Å². The van der Waals surface area contributed by atoms with Gasteiger partial charge in [-0.25, -0.2) is 13.1 Å². The van der Waals surface area contributed by atoms with E-state index >= 15 is 0 Å². The lowest BCUT2D eigenvalue weighted by atomic mass is 10.3. The number of benzene rings is 1. The van der Waals surface area contributed by atoms with Gasteiger partial charge in [-0.3, -0.25) is 9.59 Å². The summed E-state index contributed by atoms with van der Waals surface area (Å²) < 4.78 is 30.2. The van der Waals surface area contributed by atoms with Gasteiger partial charge in [-0.2, -0.15) is 0 Å². The van der Waals surface area contributed by atoms with Gasteiger partial charge < -0.3 is 9.13 Å². The van der Waals surface area contributed by atoms with Crippen molar-refractivity contribution in [3.05, 3.63) is 38.9 Å². The highest BCUT2D eigenvalue weighted by atomic mass is 32.2. The number of aryl methyl sites for hydroxylation is 2. The first-order valence-corrected chi connectivity index (χ1v) is 9.02. The molecular formula is C15H19N3O4S. The van der Waals surface area contributed by atoms with E-state index < -0.39 is 21.1 Å². The molecule has 0 aliphatic heterocycles. The van der Waals surface area contributed by atoms with Crippen molar-refractivity contribution in [3.8, 4) is 0 Å². The zero-order valence-electron chi connectivity index (χ0n) is 13.1. The Hall–Kier alpha value is -1.93. The van der Waals surface area contributed by atoms with Crippen LogP contribution in [0.15, 0.2) is 32.7 Å². The average molecular weight is 337 g/mol. The second kappa shape index (κ2) is 5.61. The van der Waals surface area contributed by atoms with Crippen LogP contribution in [0, 0.1) is 0 Å². The third kappa shape index (κ3) is 2.72. The van der Waals surface area contributed by atoms with Crippen LogP contribution in [-0.2, 0) is 24.1 Å². The molecule has 0 bridgehead atoms. The summed E-state index contributed by atoms with van der Waals surface area (Å²) >= 11 is 0. The predicted octanol–water partition coefficient (Wildman–Crippen LogP) is 0.458. The van der Waals surface area contributed by atoms with Gasteiger partial charge in [-0.05, 0) is 31.0 Å². The van der Waals surface area contributed by atoms with Gasteiger partial charge in [0, 0.05) is 20.1 Å². The van der Waals surface area contributed by atoms with Crippen LogP contribution in [0.1, 0.15) is 25.7 Å². The molecule has 1 saturated carbocycles. The largest absolute Gasteiger partial charge is 0.316 e. The molecule has 2 aromatic rings. The number of sulfonamides is 1. The molecule has 8 heteroatoms. The van der Waals surface area contributed by atoms with Crippen molar-refractivity contribution in [3.63, 3.8) is 0 Å². The zero-order valence-corrected chi connectivity index (χ0v) is 13.9. The summed E-state index contributed by atoms with van der Waals surface area (Å²) in [7, 11) is -0.678. The monoisotopic (exact) mass is 337 g/mol. The number of hydrogen-bond donors (Lipinski definition) is 1. The highest BCUT2D eigenvalue weighted by molar-refractivity contribution is 7.89. The first-order chi connectivity index (χ1) is 10.8. The molecule has 1 aromatic carbocycles. The Morgan fingerprint density at radius 1 is 1.00 bits per heavy atom. The van der Waals surface area contributed by atoms with Gasteiger partial charge >= 0.3 is 11.1 Å². The normalized spacial score (nSPS) is 16.3. The maximum Gasteiger partial charge on any atom is 0.316 e. The highest BCUT2D eigenvalue weighted by Crippen LogP contribution is 2.22. The van der Waals surface area contributed by atoms with E-state index in [2.05, 4.69) is 4.72 Å². The molecule has 1 fully saturated rings.